The first-order chi connectivity index (χ1) is 12.5. The van der Waals surface area contributed by atoms with E-state index in [1.807, 2.05) is 18.2 Å². The molecule has 8 heteroatoms. The summed E-state index contributed by atoms with van der Waals surface area (Å²) in [5.41, 5.74) is 0.981. The van der Waals surface area contributed by atoms with Crippen LogP contribution in [0, 0.1) is 21.4 Å². The maximum Gasteiger partial charge on any atom is 0.271 e. The van der Waals surface area contributed by atoms with E-state index in [0.717, 1.165) is 5.56 Å². The van der Waals surface area contributed by atoms with Crippen LogP contribution in [0.25, 0.3) is 0 Å². The van der Waals surface area contributed by atoms with Crippen LogP contribution in [0.4, 0.5) is 11.4 Å². The molecule has 0 aromatic heterocycles. The van der Waals surface area contributed by atoms with Gasteiger partial charge in [-0.2, -0.15) is 5.26 Å². The first-order valence-electron chi connectivity index (χ1n) is 7.63. The van der Waals surface area contributed by atoms with E-state index in [9.17, 15) is 14.9 Å². The quantitative estimate of drug-likeness (QED) is 0.255. The third-order valence-electron chi connectivity index (χ3n) is 3.37. The molecule has 132 valence electrons. The number of carbonyl (C=O) groups is 1. The molecule has 0 spiro atoms. The number of nitro groups is 1. The average molecular weight is 371 g/mol. The lowest BCUT2D eigenvalue weighted by atomic mass is 10.1. The second kappa shape index (κ2) is 9.20. The molecule has 2 aromatic rings. The van der Waals surface area contributed by atoms with Crippen molar-refractivity contribution >= 4 is 28.9 Å². The van der Waals surface area contributed by atoms with Crippen LogP contribution in [0.1, 0.15) is 5.56 Å². The van der Waals surface area contributed by atoms with Gasteiger partial charge in [-0.1, -0.05) is 29.8 Å². The zero-order valence-electron chi connectivity index (χ0n) is 13.6. The fourth-order valence-electron chi connectivity index (χ4n) is 2.13. The monoisotopic (exact) mass is 370 g/mol. The summed E-state index contributed by atoms with van der Waals surface area (Å²) in [6.45, 7) is 0.510. The Morgan fingerprint density at radius 1 is 1.27 bits per heavy atom. The van der Waals surface area contributed by atoms with E-state index in [-0.39, 0.29) is 16.9 Å². The van der Waals surface area contributed by atoms with E-state index in [2.05, 4.69) is 10.6 Å². The summed E-state index contributed by atoms with van der Waals surface area (Å²) in [7, 11) is 0. The van der Waals surface area contributed by atoms with Crippen LogP contribution in [0.5, 0.6) is 0 Å². The highest BCUT2D eigenvalue weighted by Crippen LogP contribution is 2.17. The number of hydrogen-bond acceptors (Lipinski definition) is 5. The number of amides is 1. The number of carbonyl (C=O) groups excluding carboxylic acids is 1. The van der Waals surface area contributed by atoms with Gasteiger partial charge in [0, 0.05) is 35.6 Å². The average Bonchev–Trinajstić information content (AvgIpc) is 2.62. The lowest BCUT2D eigenvalue weighted by molar-refractivity contribution is -0.384. The minimum Gasteiger partial charge on any atom is -0.389 e. The van der Waals surface area contributed by atoms with Gasteiger partial charge in [0.25, 0.3) is 11.6 Å². The summed E-state index contributed by atoms with van der Waals surface area (Å²) in [5.74, 6) is -0.650. The van der Waals surface area contributed by atoms with Gasteiger partial charge in [0.2, 0.25) is 0 Å². The van der Waals surface area contributed by atoms with Gasteiger partial charge >= 0.3 is 0 Å². The van der Waals surface area contributed by atoms with Gasteiger partial charge in [0.05, 0.1) is 4.92 Å². The van der Waals surface area contributed by atoms with Crippen LogP contribution >= 0.6 is 11.6 Å². The van der Waals surface area contributed by atoms with Crippen molar-refractivity contribution in [3.05, 3.63) is 81.0 Å². The van der Waals surface area contributed by atoms with Gasteiger partial charge in [-0.05, 0) is 30.2 Å². The van der Waals surface area contributed by atoms with Gasteiger partial charge in [-0.15, -0.1) is 0 Å². The minimum atomic E-state index is -0.650. The van der Waals surface area contributed by atoms with Crippen molar-refractivity contribution in [3.8, 4) is 6.07 Å². The number of anilines is 1. The van der Waals surface area contributed by atoms with Gasteiger partial charge < -0.3 is 10.6 Å². The fraction of sp³-hybridized carbons (Fsp3) is 0.111. The van der Waals surface area contributed by atoms with Crippen molar-refractivity contribution in [2.45, 2.75) is 6.42 Å². The molecule has 1 amide bonds. The minimum absolute atomic E-state index is 0.136. The Kier molecular flexibility index (Phi) is 6.71. The summed E-state index contributed by atoms with van der Waals surface area (Å²) < 4.78 is 0. The van der Waals surface area contributed by atoms with Crippen molar-refractivity contribution in [1.82, 2.24) is 5.32 Å². The van der Waals surface area contributed by atoms with Crippen LogP contribution in [0.2, 0.25) is 5.02 Å². The Morgan fingerprint density at radius 2 is 2.04 bits per heavy atom. The molecule has 0 atom stereocenters. The maximum absolute atomic E-state index is 12.1. The molecule has 0 heterocycles. The van der Waals surface area contributed by atoms with Crippen molar-refractivity contribution < 1.29 is 9.72 Å². The van der Waals surface area contributed by atoms with E-state index in [4.69, 9.17) is 16.9 Å². The molecular weight excluding hydrogens is 356 g/mol. The molecule has 0 bridgehead atoms. The molecule has 0 fully saturated rings. The number of nitrogens with one attached hydrogen (secondary N) is 2. The standard InChI is InChI=1S/C18H15ClN4O3/c19-15-4-1-3-13(9-15)7-8-21-12-14(11-20)18(24)22-16-5-2-6-17(10-16)23(25)26/h1-6,9-10,12,21H,7-8H2,(H,22,24)/b14-12-. The first kappa shape index (κ1) is 19.0. The predicted octanol–water partition coefficient (Wildman–Crippen LogP) is 3.43. The Balaban J connectivity index is 1.93. The molecule has 7 nitrogen and oxygen atoms in total. The lowest BCUT2D eigenvalue weighted by Gasteiger charge is -2.05. The number of rotatable bonds is 7. The summed E-state index contributed by atoms with van der Waals surface area (Å²) >= 11 is 5.91. The SMILES string of the molecule is N#C/C(=C/NCCc1cccc(Cl)c1)C(=O)Nc1cccc([N+](=O)[O-])c1. The fourth-order valence-corrected chi connectivity index (χ4v) is 2.34. The number of non-ortho nitro benzene ring substituents is 1. The van der Waals surface area contributed by atoms with Crippen LogP contribution in [-0.4, -0.2) is 17.4 Å². The van der Waals surface area contributed by atoms with E-state index in [1.165, 1.54) is 30.5 Å². The molecule has 26 heavy (non-hydrogen) atoms. The van der Waals surface area contributed by atoms with Crippen molar-refractivity contribution in [2.24, 2.45) is 0 Å². The number of nitrogens with zero attached hydrogens (tertiary/aromatic N) is 2. The Hall–Kier alpha value is -3.37. The van der Waals surface area contributed by atoms with Crippen LogP contribution in [-0.2, 0) is 11.2 Å². The van der Waals surface area contributed by atoms with E-state index < -0.39 is 10.8 Å². The molecule has 0 saturated carbocycles. The van der Waals surface area contributed by atoms with Gasteiger partial charge in [-0.25, -0.2) is 0 Å². The van der Waals surface area contributed by atoms with Crippen molar-refractivity contribution in [1.29, 1.82) is 5.26 Å². The number of benzene rings is 2. The maximum atomic E-state index is 12.1. The summed E-state index contributed by atoms with van der Waals surface area (Å²) in [6, 6.07) is 14.7. The highest BCUT2D eigenvalue weighted by atomic mass is 35.5. The smallest absolute Gasteiger partial charge is 0.271 e. The normalized spacial score (nSPS) is 10.7. The van der Waals surface area contributed by atoms with Crippen molar-refractivity contribution in [2.75, 3.05) is 11.9 Å². The summed E-state index contributed by atoms with van der Waals surface area (Å²) in [4.78, 5) is 22.3. The number of halogens is 1. The van der Waals surface area contributed by atoms with E-state index in [0.29, 0.717) is 18.0 Å². The predicted molar refractivity (Wildman–Crippen MR) is 98.6 cm³/mol. The summed E-state index contributed by atoms with van der Waals surface area (Å²) in [6.07, 6.45) is 1.99. The van der Waals surface area contributed by atoms with Gasteiger partial charge in [0.1, 0.15) is 11.6 Å². The Bertz CT molecular complexity index is 890. The molecule has 0 saturated heterocycles. The van der Waals surface area contributed by atoms with Crippen LogP contribution in [0.3, 0.4) is 0 Å². The van der Waals surface area contributed by atoms with Crippen LogP contribution in [0.15, 0.2) is 60.3 Å². The zero-order valence-corrected chi connectivity index (χ0v) is 14.4. The largest absolute Gasteiger partial charge is 0.389 e. The molecule has 0 radical (unpaired) electrons. The molecule has 2 N–H and O–H groups in total. The van der Waals surface area contributed by atoms with E-state index >= 15 is 0 Å². The summed E-state index contributed by atoms with van der Waals surface area (Å²) in [5, 5.41) is 25.9. The zero-order chi connectivity index (χ0) is 18.9. The number of nitro benzene ring substituents is 1. The van der Waals surface area contributed by atoms with E-state index in [1.54, 1.807) is 12.1 Å². The highest BCUT2D eigenvalue weighted by molar-refractivity contribution is 6.30. The molecule has 0 aliphatic rings. The van der Waals surface area contributed by atoms with Gasteiger partial charge in [0.15, 0.2) is 0 Å². The topological polar surface area (TPSA) is 108 Å². The van der Waals surface area contributed by atoms with Gasteiger partial charge in [-0.3, -0.25) is 14.9 Å². The Labute approximate surface area is 155 Å². The highest BCUT2D eigenvalue weighted by Gasteiger charge is 2.11. The molecule has 2 rings (SSSR count). The number of hydrogen-bond donors (Lipinski definition) is 2. The molecule has 0 unspecified atom stereocenters. The molecule has 0 aliphatic heterocycles. The third kappa shape index (κ3) is 5.61. The molecular formula is C18H15ClN4O3. The second-order valence-corrected chi connectivity index (χ2v) is 5.70. The third-order valence-corrected chi connectivity index (χ3v) is 3.61. The molecule has 0 aliphatic carbocycles. The molecule has 2 aromatic carbocycles. The van der Waals surface area contributed by atoms with Crippen molar-refractivity contribution in [3.63, 3.8) is 0 Å². The lowest BCUT2D eigenvalue weighted by Crippen LogP contribution is -2.18. The Morgan fingerprint density at radius 3 is 2.73 bits per heavy atom. The second-order valence-electron chi connectivity index (χ2n) is 5.27. The first-order valence-corrected chi connectivity index (χ1v) is 8.01. The van der Waals surface area contributed by atoms with Crippen LogP contribution < -0.4 is 10.6 Å². The number of nitriles is 1.